The Hall–Kier alpha value is -1.50. The second-order valence-electron chi connectivity index (χ2n) is 5.40. The van der Waals surface area contributed by atoms with E-state index in [9.17, 15) is 4.79 Å². The van der Waals surface area contributed by atoms with Crippen molar-refractivity contribution in [3.05, 3.63) is 48.0 Å². The van der Waals surface area contributed by atoms with Crippen molar-refractivity contribution in [2.24, 2.45) is 0 Å². The Balaban J connectivity index is 0.00000364. The van der Waals surface area contributed by atoms with Crippen LogP contribution in [0.15, 0.2) is 42.5 Å². The van der Waals surface area contributed by atoms with Crippen LogP contribution >= 0.6 is 8.15 Å². The fraction of sp³-hybridized carbons (Fsp3) is 0.350. The summed E-state index contributed by atoms with van der Waals surface area (Å²) < 4.78 is 22.2. The zero-order chi connectivity index (χ0) is 18.9. The van der Waals surface area contributed by atoms with Gasteiger partial charge in [-0.25, -0.2) is 0 Å². The zero-order valence-corrected chi connectivity index (χ0v) is 17.5. The SMILES string of the molecule is CCCOP(C(=O)c1c(OC)cccc1OC)c1ccc(OCC)cc1.[Li]. The number of hydrogen-bond donors (Lipinski definition) is 0. The van der Waals surface area contributed by atoms with Gasteiger partial charge in [-0.05, 0) is 49.7 Å². The molecule has 0 aliphatic carbocycles. The summed E-state index contributed by atoms with van der Waals surface area (Å²) in [5.41, 5.74) is 0.278. The van der Waals surface area contributed by atoms with E-state index >= 15 is 0 Å². The summed E-state index contributed by atoms with van der Waals surface area (Å²) in [6.07, 6.45) is 0.826. The summed E-state index contributed by atoms with van der Waals surface area (Å²) in [4.78, 5) is 13.3. The summed E-state index contributed by atoms with van der Waals surface area (Å²) >= 11 is 0. The van der Waals surface area contributed by atoms with E-state index in [1.807, 2.05) is 38.1 Å². The van der Waals surface area contributed by atoms with Gasteiger partial charge in [0, 0.05) is 24.2 Å². The molecule has 7 heteroatoms. The van der Waals surface area contributed by atoms with Crippen molar-refractivity contribution < 1.29 is 23.5 Å². The smallest absolute Gasteiger partial charge is 0.223 e. The molecule has 2 aromatic carbocycles. The van der Waals surface area contributed by atoms with Gasteiger partial charge >= 0.3 is 0 Å². The topological polar surface area (TPSA) is 54.0 Å². The van der Waals surface area contributed by atoms with Gasteiger partial charge in [0.25, 0.3) is 0 Å². The standard InChI is InChI=1S/C20H25O5P.Li/c1-5-14-25-26(16-12-10-15(11-13-16)24-6-2)20(21)19-17(22-3)8-7-9-18(19)23-4;/h7-13H,5-6,14H2,1-4H3;. The van der Waals surface area contributed by atoms with E-state index in [1.54, 1.807) is 18.2 Å². The van der Waals surface area contributed by atoms with Crippen LogP contribution in [0.5, 0.6) is 17.2 Å². The molecule has 0 spiro atoms. The van der Waals surface area contributed by atoms with Crippen LogP contribution in [0.3, 0.4) is 0 Å². The Morgan fingerprint density at radius 3 is 2.04 bits per heavy atom. The Bertz CT molecular complexity index is 699. The zero-order valence-electron chi connectivity index (χ0n) is 16.7. The van der Waals surface area contributed by atoms with E-state index in [0.717, 1.165) is 17.5 Å². The average molecular weight is 383 g/mol. The molecule has 1 atom stereocenters. The van der Waals surface area contributed by atoms with Crippen LogP contribution in [0.2, 0.25) is 0 Å². The van der Waals surface area contributed by atoms with Crippen LogP contribution in [0.1, 0.15) is 30.6 Å². The van der Waals surface area contributed by atoms with Gasteiger partial charge in [0.05, 0.1) is 27.4 Å². The minimum Gasteiger partial charge on any atom is -0.496 e. The van der Waals surface area contributed by atoms with Crippen molar-refractivity contribution in [2.75, 3.05) is 27.4 Å². The number of benzene rings is 2. The molecule has 0 aromatic heterocycles. The predicted octanol–water partition coefficient (Wildman–Crippen LogP) is 4.01. The molecule has 141 valence electrons. The molecule has 1 unspecified atom stereocenters. The van der Waals surface area contributed by atoms with Gasteiger partial charge in [0.15, 0.2) is 0 Å². The molecule has 27 heavy (non-hydrogen) atoms. The molecule has 0 heterocycles. The predicted molar refractivity (Wildman–Crippen MR) is 110 cm³/mol. The third kappa shape index (κ3) is 5.99. The van der Waals surface area contributed by atoms with Gasteiger partial charge in [-0.2, -0.15) is 0 Å². The van der Waals surface area contributed by atoms with E-state index < -0.39 is 8.15 Å². The number of carbonyl (C=O) groups excluding carboxylic acids is 1. The number of ether oxygens (including phenoxy) is 3. The molecule has 0 saturated carbocycles. The Morgan fingerprint density at radius 1 is 0.963 bits per heavy atom. The van der Waals surface area contributed by atoms with Crippen molar-refractivity contribution in [3.63, 3.8) is 0 Å². The van der Waals surface area contributed by atoms with Gasteiger partial charge in [-0.1, -0.05) is 13.0 Å². The van der Waals surface area contributed by atoms with Crippen LogP contribution < -0.4 is 19.5 Å². The molecule has 5 nitrogen and oxygen atoms in total. The van der Waals surface area contributed by atoms with E-state index in [-0.39, 0.29) is 24.4 Å². The van der Waals surface area contributed by atoms with Gasteiger partial charge in [-0.3, -0.25) is 4.79 Å². The minimum atomic E-state index is -1.52. The first-order valence-corrected chi connectivity index (χ1v) is 9.83. The maximum Gasteiger partial charge on any atom is 0.223 e. The Morgan fingerprint density at radius 2 is 1.56 bits per heavy atom. The van der Waals surface area contributed by atoms with Gasteiger partial charge in [-0.15, -0.1) is 0 Å². The molecule has 0 saturated heterocycles. The molecule has 1 radical (unpaired) electrons. The molecule has 0 aliphatic heterocycles. The summed E-state index contributed by atoms with van der Waals surface area (Å²) in [5.74, 6) is 1.73. The Labute approximate surface area is 174 Å². The fourth-order valence-corrected chi connectivity index (χ4v) is 4.15. The van der Waals surface area contributed by atoms with E-state index in [1.165, 1.54) is 14.2 Å². The van der Waals surface area contributed by atoms with E-state index in [0.29, 0.717) is 30.3 Å². The normalized spacial score (nSPS) is 11.3. The number of methoxy groups -OCH3 is 2. The second kappa shape index (κ2) is 12.1. The van der Waals surface area contributed by atoms with Gasteiger partial charge in [0.1, 0.15) is 31.0 Å². The van der Waals surface area contributed by atoms with Crippen molar-refractivity contribution in [2.45, 2.75) is 20.3 Å². The molecular formula is C20H25LiO5P. The number of rotatable bonds is 10. The molecule has 2 rings (SSSR count). The van der Waals surface area contributed by atoms with Crippen molar-refractivity contribution in [1.82, 2.24) is 0 Å². The average Bonchev–Trinajstić information content (AvgIpc) is 2.68. The molecule has 0 aliphatic rings. The first kappa shape index (κ1) is 23.5. The molecular weight excluding hydrogens is 358 g/mol. The Kier molecular flexibility index (Phi) is 10.5. The molecule has 0 fully saturated rings. The monoisotopic (exact) mass is 383 g/mol. The van der Waals surface area contributed by atoms with E-state index in [4.69, 9.17) is 18.7 Å². The summed E-state index contributed by atoms with van der Waals surface area (Å²) in [7, 11) is 1.56. The van der Waals surface area contributed by atoms with Crippen molar-refractivity contribution >= 4 is 37.8 Å². The molecule has 0 amide bonds. The third-order valence-electron chi connectivity index (χ3n) is 3.63. The summed E-state index contributed by atoms with van der Waals surface area (Å²) in [6.45, 7) is 5.04. The van der Waals surface area contributed by atoms with Crippen LogP contribution in [0, 0.1) is 0 Å². The second-order valence-corrected chi connectivity index (χ2v) is 7.17. The largest absolute Gasteiger partial charge is 0.496 e. The molecule has 0 N–H and O–H groups in total. The first-order chi connectivity index (χ1) is 12.7. The molecule has 0 bridgehead atoms. The van der Waals surface area contributed by atoms with Gasteiger partial charge in [0.2, 0.25) is 5.52 Å². The van der Waals surface area contributed by atoms with Crippen molar-refractivity contribution in [1.29, 1.82) is 0 Å². The molecule has 2 aromatic rings. The maximum absolute atomic E-state index is 13.3. The van der Waals surface area contributed by atoms with Crippen LogP contribution in [-0.2, 0) is 4.52 Å². The fourth-order valence-electron chi connectivity index (χ4n) is 2.44. The first-order valence-electron chi connectivity index (χ1n) is 8.57. The third-order valence-corrected chi connectivity index (χ3v) is 5.43. The maximum atomic E-state index is 13.3. The van der Waals surface area contributed by atoms with Crippen LogP contribution in [0.4, 0.5) is 0 Å². The quantitative estimate of drug-likeness (QED) is 0.458. The number of hydrogen-bond acceptors (Lipinski definition) is 5. The summed E-state index contributed by atoms with van der Waals surface area (Å²) in [5, 5.41) is 0.829. The minimum absolute atomic E-state index is 0. The van der Waals surface area contributed by atoms with E-state index in [2.05, 4.69) is 0 Å². The van der Waals surface area contributed by atoms with Gasteiger partial charge < -0.3 is 18.7 Å². The van der Waals surface area contributed by atoms with Crippen LogP contribution in [-0.4, -0.2) is 51.8 Å². The summed E-state index contributed by atoms with van der Waals surface area (Å²) in [6, 6.07) is 12.8. The number of carbonyl (C=O) groups is 1. The van der Waals surface area contributed by atoms with Crippen LogP contribution in [0.25, 0.3) is 0 Å². The van der Waals surface area contributed by atoms with Crippen molar-refractivity contribution in [3.8, 4) is 17.2 Å².